The molecule has 0 aliphatic heterocycles. The van der Waals surface area contributed by atoms with E-state index >= 15 is 0 Å². The lowest BCUT2D eigenvalue weighted by Gasteiger charge is -2.09. The van der Waals surface area contributed by atoms with Crippen molar-refractivity contribution < 1.29 is 12.9 Å². The van der Waals surface area contributed by atoms with Crippen LogP contribution in [0.3, 0.4) is 0 Å². The molecule has 0 bridgehead atoms. The predicted octanol–water partition coefficient (Wildman–Crippen LogP) is 4.26. The van der Waals surface area contributed by atoms with Gasteiger partial charge in [0.2, 0.25) is 0 Å². The zero-order valence-electron chi connectivity index (χ0n) is 19.5. The maximum atomic E-state index is 12.4. The summed E-state index contributed by atoms with van der Waals surface area (Å²) >= 11 is 0. The van der Waals surface area contributed by atoms with E-state index in [4.69, 9.17) is 10.3 Å². The highest BCUT2D eigenvalue weighted by Crippen LogP contribution is 2.34. The monoisotopic (exact) mass is 477 g/mol. The van der Waals surface area contributed by atoms with Crippen molar-refractivity contribution in [3.05, 3.63) is 65.9 Å². The first kappa shape index (κ1) is 23.6. The number of aromatic nitrogens is 3. The summed E-state index contributed by atoms with van der Waals surface area (Å²) < 4.78 is 30.5. The molecular formula is C25H27N5O3S. The smallest absolute Gasteiger partial charge is 0.192 e. The lowest BCUT2D eigenvalue weighted by molar-refractivity contribution is 0.433. The third kappa shape index (κ3) is 4.44. The molecule has 0 amide bonds. The Morgan fingerprint density at radius 3 is 2.26 bits per heavy atom. The van der Waals surface area contributed by atoms with Gasteiger partial charge < -0.3 is 15.6 Å². The van der Waals surface area contributed by atoms with E-state index < -0.39 is 15.1 Å². The number of sulfone groups is 1. The normalized spacial score (nSPS) is 11.8. The van der Waals surface area contributed by atoms with Gasteiger partial charge in [-0.3, -0.25) is 0 Å². The van der Waals surface area contributed by atoms with Crippen LogP contribution in [-0.2, 0) is 16.4 Å². The zero-order valence-corrected chi connectivity index (χ0v) is 20.3. The SMILES string of the molecule is CNCc1ccc(-c2noc(-c3nc(-c4ccc(S(=O)(=O)C(C)C)cc4)cnc3N)c2C)cc1. The highest BCUT2D eigenvalue weighted by atomic mass is 32.2. The van der Waals surface area contributed by atoms with Crippen LogP contribution in [0.1, 0.15) is 25.0 Å². The molecule has 0 spiro atoms. The number of benzene rings is 2. The van der Waals surface area contributed by atoms with Gasteiger partial charge >= 0.3 is 0 Å². The number of rotatable bonds is 7. The standard InChI is InChI=1S/C25H27N5O3S/c1-15(2)34(31,32)20-11-9-18(10-12-20)21-14-28-25(26)23(29-21)24-16(3)22(30-33-24)19-7-5-17(6-8-19)13-27-4/h5-12,14-15,27H,13H2,1-4H3,(H2,26,28). The molecule has 0 saturated carbocycles. The number of hydrogen-bond donors (Lipinski definition) is 2. The van der Waals surface area contributed by atoms with Gasteiger partial charge in [-0.1, -0.05) is 41.6 Å². The average Bonchev–Trinajstić information content (AvgIpc) is 3.21. The molecule has 3 N–H and O–H groups in total. The minimum Gasteiger partial charge on any atom is -0.382 e. The van der Waals surface area contributed by atoms with Gasteiger partial charge in [0.15, 0.2) is 27.1 Å². The van der Waals surface area contributed by atoms with E-state index in [1.807, 2.05) is 38.2 Å². The number of anilines is 1. The lowest BCUT2D eigenvalue weighted by atomic mass is 10.0. The third-order valence-corrected chi connectivity index (χ3v) is 7.82. The summed E-state index contributed by atoms with van der Waals surface area (Å²) in [7, 11) is -1.45. The molecule has 9 heteroatoms. The second-order valence-electron chi connectivity index (χ2n) is 8.32. The van der Waals surface area contributed by atoms with Crippen LogP contribution in [-0.4, -0.2) is 35.8 Å². The summed E-state index contributed by atoms with van der Waals surface area (Å²) in [5.41, 5.74) is 11.4. The van der Waals surface area contributed by atoms with Crippen molar-refractivity contribution in [2.45, 2.75) is 37.5 Å². The second-order valence-corrected chi connectivity index (χ2v) is 10.8. The van der Waals surface area contributed by atoms with Crippen molar-refractivity contribution in [1.82, 2.24) is 20.4 Å². The minimum atomic E-state index is -3.35. The maximum Gasteiger partial charge on any atom is 0.192 e. The van der Waals surface area contributed by atoms with E-state index in [0.29, 0.717) is 28.4 Å². The Hall–Kier alpha value is -3.56. The number of hydrogen-bond acceptors (Lipinski definition) is 8. The topological polar surface area (TPSA) is 124 Å². The van der Waals surface area contributed by atoms with Crippen LogP contribution < -0.4 is 11.1 Å². The Bertz CT molecular complexity index is 1410. The first-order valence-corrected chi connectivity index (χ1v) is 12.4. The molecule has 2 heterocycles. The van der Waals surface area contributed by atoms with E-state index in [9.17, 15) is 8.42 Å². The fourth-order valence-corrected chi connectivity index (χ4v) is 4.66. The molecule has 8 nitrogen and oxygen atoms in total. The first-order valence-electron chi connectivity index (χ1n) is 10.9. The van der Waals surface area contributed by atoms with Crippen molar-refractivity contribution in [3.63, 3.8) is 0 Å². The van der Waals surface area contributed by atoms with Gasteiger partial charge in [0.05, 0.1) is 22.0 Å². The quantitative estimate of drug-likeness (QED) is 0.405. The van der Waals surface area contributed by atoms with E-state index in [-0.39, 0.29) is 10.7 Å². The van der Waals surface area contributed by atoms with Crippen molar-refractivity contribution in [2.24, 2.45) is 0 Å². The number of nitrogens with two attached hydrogens (primary N) is 1. The largest absolute Gasteiger partial charge is 0.382 e. The summed E-state index contributed by atoms with van der Waals surface area (Å²) in [6.45, 7) is 6.01. The Morgan fingerprint density at radius 1 is 1.00 bits per heavy atom. The van der Waals surface area contributed by atoms with Crippen LogP contribution >= 0.6 is 0 Å². The number of nitrogens with one attached hydrogen (secondary N) is 1. The van der Waals surface area contributed by atoms with Crippen molar-refractivity contribution in [2.75, 3.05) is 12.8 Å². The third-order valence-electron chi connectivity index (χ3n) is 5.65. The van der Waals surface area contributed by atoms with Crippen LogP contribution in [0.5, 0.6) is 0 Å². The van der Waals surface area contributed by atoms with Gasteiger partial charge in [0, 0.05) is 23.2 Å². The fraction of sp³-hybridized carbons (Fsp3) is 0.240. The van der Waals surface area contributed by atoms with Gasteiger partial charge in [-0.05, 0) is 45.5 Å². The van der Waals surface area contributed by atoms with Crippen LogP contribution in [0.2, 0.25) is 0 Å². The molecule has 0 saturated heterocycles. The Morgan fingerprint density at radius 2 is 1.65 bits per heavy atom. The number of nitrogens with zero attached hydrogens (tertiary/aromatic N) is 3. The van der Waals surface area contributed by atoms with Crippen LogP contribution in [0.25, 0.3) is 34.0 Å². The molecule has 2 aromatic heterocycles. The molecule has 0 fully saturated rings. The van der Waals surface area contributed by atoms with Gasteiger partial charge in [0.25, 0.3) is 0 Å². The number of nitrogen functional groups attached to an aromatic ring is 1. The maximum absolute atomic E-state index is 12.4. The van der Waals surface area contributed by atoms with Crippen molar-refractivity contribution >= 4 is 15.7 Å². The first-order chi connectivity index (χ1) is 16.2. The van der Waals surface area contributed by atoms with Gasteiger partial charge in [-0.25, -0.2) is 18.4 Å². The average molecular weight is 478 g/mol. The summed E-state index contributed by atoms with van der Waals surface area (Å²) in [4.78, 5) is 9.23. The highest BCUT2D eigenvalue weighted by Gasteiger charge is 2.21. The Balaban J connectivity index is 1.68. The summed E-state index contributed by atoms with van der Waals surface area (Å²) in [5, 5.41) is 6.89. The van der Waals surface area contributed by atoms with Gasteiger partial charge in [-0.2, -0.15) is 0 Å². The van der Waals surface area contributed by atoms with Crippen LogP contribution in [0.4, 0.5) is 5.82 Å². The molecule has 0 radical (unpaired) electrons. The summed E-state index contributed by atoms with van der Waals surface area (Å²) in [5.74, 6) is 0.665. The van der Waals surface area contributed by atoms with E-state index in [1.54, 1.807) is 44.3 Å². The van der Waals surface area contributed by atoms with Gasteiger partial charge in [-0.15, -0.1) is 0 Å². The lowest BCUT2D eigenvalue weighted by Crippen LogP contribution is -2.13. The molecule has 0 unspecified atom stereocenters. The molecule has 0 aliphatic rings. The molecule has 4 rings (SSSR count). The highest BCUT2D eigenvalue weighted by molar-refractivity contribution is 7.92. The predicted molar refractivity (Wildman–Crippen MR) is 133 cm³/mol. The van der Waals surface area contributed by atoms with E-state index in [2.05, 4.69) is 20.4 Å². The second kappa shape index (κ2) is 9.36. The Kier molecular flexibility index (Phi) is 6.49. The Labute approximate surface area is 199 Å². The molecule has 2 aromatic carbocycles. The molecular weight excluding hydrogens is 450 g/mol. The van der Waals surface area contributed by atoms with Crippen molar-refractivity contribution in [3.8, 4) is 34.0 Å². The van der Waals surface area contributed by atoms with E-state index in [0.717, 1.165) is 17.7 Å². The molecule has 0 atom stereocenters. The zero-order chi connectivity index (χ0) is 24.5. The van der Waals surface area contributed by atoms with Crippen molar-refractivity contribution in [1.29, 1.82) is 0 Å². The molecule has 176 valence electrons. The summed E-state index contributed by atoms with van der Waals surface area (Å²) in [6, 6.07) is 14.7. The van der Waals surface area contributed by atoms with Crippen LogP contribution in [0, 0.1) is 6.92 Å². The molecule has 4 aromatic rings. The summed E-state index contributed by atoms with van der Waals surface area (Å²) in [6.07, 6.45) is 1.55. The fourth-order valence-electron chi connectivity index (χ4n) is 3.60. The molecule has 0 aliphatic carbocycles. The molecule has 34 heavy (non-hydrogen) atoms. The van der Waals surface area contributed by atoms with E-state index in [1.165, 1.54) is 5.56 Å². The van der Waals surface area contributed by atoms with Gasteiger partial charge in [0.1, 0.15) is 5.69 Å². The van der Waals surface area contributed by atoms with Crippen LogP contribution in [0.15, 0.2) is 64.1 Å². The minimum absolute atomic E-state index is 0.220.